The van der Waals surface area contributed by atoms with Gasteiger partial charge in [-0.05, 0) is 30.3 Å². The van der Waals surface area contributed by atoms with Crippen LogP contribution in [0, 0.1) is 0 Å². The summed E-state index contributed by atoms with van der Waals surface area (Å²) >= 11 is 0. The molecule has 0 fully saturated rings. The number of methoxy groups -OCH3 is 2. The van der Waals surface area contributed by atoms with Crippen molar-refractivity contribution in [2.24, 2.45) is 5.73 Å². The number of nitrogens with zero attached hydrogens (tertiary/aromatic N) is 2. The maximum Gasteiger partial charge on any atom is 0.356 e. The van der Waals surface area contributed by atoms with Crippen LogP contribution in [0.15, 0.2) is 60.8 Å². The molecule has 2 aromatic carbocycles. The van der Waals surface area contributed by atoms with Gasteiger partial charge >= 0.3 is 5.97 Å². The summed E-state index contributed by atoms with van der Waals surface area (Å²) in [6, 6.07) is 16.4. The van der Waals surface area contributed by atoms with E-state index in [-0.39, 0.29) is 5.56 Å². The minimum absolute atomic E-state index is 0.274. The molecule has 1 atom stereocenters. The lowest BCUT2D eigenvalue weighted by Gasteiger charge is -2.24. The number of para-hydroxylation sites is 1. The highest BCUT2D eigenvalue weighted by Crippen LogP contribution is 2.33. The van der Waals surface area contributed by atoms with Gasteiger partial charge < -0.3 is 14.6 Å². The third-order valence-electron chi connectivity index (χ3n) is 4.16. The van der Waals surface area contributed by atoms with Crippen LogP contribution in [-0.4, -0.2) is 35.1 Å². The topological polar surface area (TPSA) is 99.6 Å². The van der Waals surface area contributed by atoms with Gasteiger partial charge in [0.15, 0.2) is 0 Å². The Morgan fingerprint density at radius 1 is 1.15 bits per heavy atom. The van der Waals surface area contributed by atoms with Crippen molar-refractivity contribution in [3.05, 3.63) is 66.4 Å². The van der Waals surface area contributed by atoms with Crippen LogP contribution < -0.4 is 10.5 Å². The molecule has 0 aliphatic rings. The van der Waals surface area contributed by atoms with E-state index in [1.165, 1.54) is 14.2 Å². The molecule has 0 aliphatic carbocycles. The molecule has 134 valence electrons. The molecule has 26 heavy (non-hydrogen) atoms. The van der Waals surface area contributed by atoms with Crippen LogP contribution in [0.5, 0.6) is 5.75 Å². The van der Waals surface area contributed by atoms with Crippen LogP contribution in [0.1, 0.15) is 5.56 Å². The van der Waals surface area contributed by atoms with Crippen molar-refractivity contribution < 1.29 is 19.4 Å². The average Bonchev–Trinajstić information content (AvgIpc) is 3.17. The summed E-state index contributed by atoms with van der Waals surface area (Å²) in [4.78, 5) is 11.5. The van der Waals surface area contributed by atoms with Gasteiger partial charge in [0.25, 0.3) is 0 Å². The second-order valence-corrected chi connectivity index (χ2v) is 5.64. The SMILES string of the molecule is COc1cc(C(N)(OC)C(=O)O)ccc1-c1ccn(-c2ccccc2)n1. The number of carbonyl (C=O) groups is 1. The van der Waals surface area contributed by atoms with Crippen LogP contribution >= 0.6 is 0 Å². The molecule has 0 spiro atoms. The number of nitrogens with two attached hydrogens (primary N) is 1. The summed E-state index contributed by atoms with van der Waals surface area (Å²) in [5, 5.41) is 13.9. The number of carboxylic acid groups (broad SMARTS) is 1. The number of carboxylic acids is 1. The smallest absolute Gasteiger partial charge is 0.356 e. The second kappa shape index (κ2) is 6.99. The second-order valence-electron chi connectivity index (χ2n) is 5.64. The van der Waals surface area contributed by atoms with Crippen molar-refractivity contribution in [1.29, 1.82) is 0 Å². The van der Waals surface area contributed by atoms with Gasteiger partial charge in [-0.15, -0.1) is 0 Å². The number of rotatable bonds is 6. The number of ether oxygens (including phenoxy) is 2. The van der Waals surface area contributed by atoms with Gasteiger partial charge in [-0.3, -0.25) is 5.73 Å². The lowest BCUT2D eigenvalue weighted by Crippen LogP contribution is -2.46. The van der Waals surface area contributed by atoms with Crippen molar-refractivity contribution in [1.82, 2.24) is 9.78 Å². The van der Waals surface area contributed by atoms with Gasteiger partial charge in [-0.2, -0.15) is 5.10 Å². The van der Waals surface area contributed by atoms with E-state index in [2.05, 4.69) is 5.10 Å². The largest absolute Gasteiger partial charge is 0.496 e. The number of hydrogen-bond acceptors (Lipinski definition) is 5. The molecule has 7 heteroatoms. The zero-order chi connectivity index (χ0) is 18.7. The van der Waals surface area contributed by atoms with E-state index in [4.69, 9.17) is 15.2 Å². The molecule has 0 aliphatic heterocycles. The summed E-state index contributed by atoms with van der Waals surface area (Å²) in [6.07, 6.45) is 1.84. The Morgan fingerprint density at radius 2 is 1.88 bits per heavy atom. The summed E-state index contributed by atoms with van der Waals surface area (Å²) in [6.45, 7) is 0. The summed E-state index contributed by atoms with van der Waals surface area (Å²) in [5.74, 6) is -0.836. The minimum atomic E-state index is -1.95. The molecule has 1 aromatic heterocycles. The van der Waals surface area contributed by atoms with Crippen molar-refractivity contribution in [2.75, 3.05) is 14.2 Å². The van der Waals surface area contributed by atoms with Crippen LogP contribution in [0.4, 0.5) is 0 Å². The van der Waals surface area contributed by atoms with Crippen LogP contribution in [0.25, 0.3) is 16.9 Å². The summed E-state index contributed by atoms with van der Waals surface area (Å²) < 4.78 is 12.2. The van der Waals surface area contributed by atoms with Crippen molar-refractivity contribution in [3.63, 3.8) is 0 Å². The molecule has 0 bridgehead atoms. The molecule has 0 saturated heterocycles. The molecular weight excluding hydrogens is 334 g/mol. The zero-order valence-corrected chi connectivity index (χ0v) is 14.4. The number of benzene rings is 2. The lowest BCUT2D eigenvalue weighted by molar-refractivity contribution is -0.163. The highest BCUT2D eigenvalue weighted by atomic mass is 16.5. The van der Waals surface area contributed by atoms with Gasteiger partial charge in [0.1, 0.15) is 5.75 Å². The summed E-state index contributed by atoms with van der Waals surface area (Å²) in [7, 11) is 2.75. The fourth-order valence-corrected chi connectivity index (χ4v) is 2.65. The first kappa shape index (κ1) is 17.7. The standard InChI is InChI=1S/C19H19N3O4/c1-25-17-12-13(19(20,26-2)18(23)24)8-9-15(17)16-10-11-22(21-16)14-6-4-3-5-7-14/h3-12H,20H2,1-2H3,(H,23,24). The number of aromatic nitrogens is 2. The van der Waals surface area contributed by atoms with E-state index < -0.39 is 11.7 Å². The molecule has 0 amide bonds. The van der Waals surface area contributed by atoms with E-state index >= 15 is 0 Å². The zero-order valence-electron chi connectivity index (χ0n) is 14.4. The predicted molar refractivity (Wildman–Crippen MR) is 96.1 cm³/mol. The molecule has 1 unspecified atom stereocenters. The van der Waals surface area contributed by atoms with Crippen molar-refractivity contribution >= 4 is 5.97 Å². The quantitative estimate of drug-likeness (QED) is 0.660. The number of hydrogen-bond donors (Lipinski definition) is 2. The van der Waals surface area contributed by atoms with E-state index in [9.17, 15) is 9.90 Å². The Hall–Kier alpha value is -3.16. The Balaban J connectivity index is 2.02. The molecule has 1 heterocycles. The van der Waals surface area contributed by atoms with Crippen LogP contribution in [0.3, 0.4) is 0 Å². The lowest BCUT2D eigenvalue weighted by atomic mass is 10.00. The first-order valence-corrected chi connectivity index (χ1v) is 7.87. The van der Waals surface area contributed by atoms with Crippen LogP contribution in [-0.2, 0) is 15.3 Å². The number of aliphatic carboxylic acids is 1. The first-order valence-electron chi connectivity index (χ1n) is 7.87. The molecular formula is C19H19N3O4. The van der Waals surface area contributed by atoms with Crippen molar-refractivity contribution in [3.8, 4) is 22.7 Å². The van der Waals surface area contributed by atoms with Gasteiger partial charge in [-0.25, -0.2) is 9.48 Å². The first-order chi connectivity index (χ1) is 12.5. The monoisotopic (exact) mass is 353 g/mol. The van der Waals surface area contributed by atoms with Crippen molar-refractivity contribution in [2.45, 2.75) is 5.72 Å². The summed E-state index contributed by atoms with van der Waals surface area (Å²) in [5.41, 5.74) is 6.52. The normalized spacial score (nSPS) is 13.2. The Morgan fingerprint density at radius 3 is 2.50 bits per heavy atom. The van der Waals surface area contributed by atoms with Gasteiger partial charge in [0.05, 0.1) is 18.5 Å². The highest BCUT2D eigenvalue weighted by molar-refractivity contribution is 5.80. The van der Waals surface area contributed by atoms with E-state index in [1.54, 1.807) is 22.9 Å². The maximum absolute atomic E-state index is 11.5. The predicted octanol–water partition coefficient (Wildman–Crippen LogP) is 2.39. The third kappa shape index (κ3) is 3.05. The molecule has 7 nitrogen and oxygen atoms in total. The van der Waals surface area contributed by atoms with Gasteiger partial charge in [-0.1, -0.05) is 24.3 Å². The maximum atomic E-state index is 11.5. The van der Waals surface area contributed by atoms with Gasteiger partial charge in [0.2, 0.25) is 5.72 Å². The Bertz CT molecular complexity index is 924. The third-order valence-corrected chi connectivity index (χ3v) is 4.16. The molecule has 0 radical (unpaired) electrons. The van der Waals surface area contributed by atoms with Crippen LogP contribution in [0.2, 0.25) is 0 Å². The van der Waals surface area contributed by atoms with E-state index in [0.29, 0.717) is 11.4 Å². The molecule has 3 aromatic rings. The fourth-order valence-electron chi connectivity index (χ4n) is 2.65. The minimum Gasteiger partial charge on any atom is -0.496 e. The van der Waals surface area contributed by atoms with E-state index in [0.717, 1.165) is 11.3 Å². The Kier molecular flexibility index (Phi) is 4.75. The average molecular weight is 353 g/mol. The molecule has 3 N–H and O–H groups in total. The molecule has 0 saturated carbocycles. The molecule has 3 rings (SSSR count). The van der Waals surface area contributed by atoms with Gasteiger partial charge in [0, 0.05) is 24.4 Å². The fraction of sp³-hybridized carbons (Fsp3) is 0.158. The highest BCUT2D eigenvalue weighted by Gasteiger charge is 2.37. The Labute approximate surface area is 150 Å². The van der Waals surface area contributed by atoms with E-state index in [1.807, 2.05) is 42.6 Å².